The number of nitrogen functional groups attached to an aromatic ring is 1. The summed E-state index contributed by atoms with van der Waals surface area (Å²) in [5, 5.41) is 12.1. The molecule has 0 bridgehead atoms. The van der Waals surface area contributed by atoms with E-state index in [4.69, 9.17) is 10.8 Å². The van der Waals surface area contributed by atoms with Gasteiger partial charge in [-0.25, -0.2) is 4.39 Å². The fraction of sp³-hybridized carbons (Fsp3) is 0.455. The van der Waals surface area contributed by atoms with Crippen LogP contribution >= 0.6 is 0 Å². The van der Waals surface area contributed by atoms with Gasteiger partial charge in [-0.15, -0.1) is 0 Å². The van der Waals surface area contributed by atoms with Gasteiger partial charge in [0.1, 0.15) is 5.82 Å². The lowest BCUT2D eigenvalue weighted by Crippen LogP contribution is -2.29. The Labute approximate surface area is 89.1 Å². The van der Waals surface area contributed by atoms with Gasteiger partial charge in [-0.1, -0.05) is 13.8 Å². The minimum Gasteiger partial charge on any atom is -0.397 e. The Morgan fingerprint density at radius 3 is 2.67 bits per heavy atom. The van der Waals surface area contributed by atoms with E-state index in [0.29, 0.717) is 11.4 Å². The molecule has 0 spiro atoms. The monoisotopic (exact) mass is 212 g/mol. The van der Waals surface area contributed by atoms with Crippen LogP contribution in [-0.4, -0.2) is 17.8 Å². The molecule has 4 N–H and O–H groups in total. The second-order valence-electron chi connectivity index (χ2n) is 3.91. The first kappa shape index (κ1) is 11.8. The zero-order valence-electron chi connectivity index (χ0n) is 9.00. The lowest BCUT2D eigenvalue weighted by molar-refractivity contribution is 0.249. The van der Waals surface area contributed by atoms with E-state index in [1.807, 2.05) is 13.8 Å². The average Bonchev–Trinajstić information content (AvgIpc) is 2.18. The number of halogens is 1. The van der Waals surface area contributed by atoms with Crippen LogP contribution in [-0.2, 0) is 0 Å². The first-order chi connectivity index (χ1) is 7.04. The number of rotatable bonds is 4. The van der Waals surface area contributed by atoms with E-state index in [0.717, 1.165) is 0 Å². The van der Waals surface area contributed by atoms with Crippen LogP contribution in [0.25, 0.3) is 0 Å². The predicted molar refractivity (Wildman–Crippen MR) is 60.1 cm³/mol. The molecule has 0 saturated heterocycles. The van der Waals surface area contributed by atoms with Crippen molar-refractivity contribution in [2.45, 2.75) is 19.9 Å². The van der Waals surface area contributed by atoms with Crippen LogP contribution in [0.5, 0.6) is 0 Å². The molecule has 1 atom stereocenters. The summed E-state index contributed by atoms with van der Waals surface area (Å²) in [5.41, 5.74) is 6.69. The second-order valence-corrected chi connectivity index (χ2v) is 3.91. The predicted octanol–water partition coefficient (Wildman–Crippen LogP) is 1.84. The molecule has 0 heterocycles. The molecule has 1 aromatic rings. The van der Waals surface area contributed by atoms with Crippen LogP contribution in [0.3, 0.4) is 0 Å². The molecule has 0 aliphatic heterocycles. The fourth-order valence-electron chi connectivity index (χ4n) is 1.28. The molecule has 0 aliphatic carbocycles. The third-order valence-electron chi connectivity index (χ3n) is 2.36. The van der Waals surface area contributed by atoms with Crippen molar-refractivity contribution in [2.75, 3.05) is 17.7 Å². The lowest BCUT2D eigenvalue weighted by Gasteiger charge is -2.22. The molecule has 0 unspecified atom stereocenters. The Hall–Kier alpha value is -1.29. The van der Waals surface area contributed by atoms with Gasteiger partial charge in [0, 0.05) is 0 Å². The van der Waals surface area contributed by atoms with E-state index < -0.39 is 0 Å². The van der Waals surface area contributed by atoms with Gasteiger partial charge in [-0.2, -0.15) is 0 Å². The molecule has 1 rings (SSSR count). The molecular weight excluding hydrogens is 195 g/mol. The Bertz CT molecular complexity index is 328. The van der Waals surface area contributed by atoms with Gasteiger partial charge in [0.2, 0.25) is 0 Å². The topological polar surface area (TPSA) is 58.3 Å². The summed E-state index contributed by atoms with van der Waals surface area (Å²) in [6.07, 6.45) is 0. The highest BCUT2D eigenvalue weighted by molar-refractivity contribution is 5.66. The van der Waals surface area contributed by atoms with Crippen LogP contribution < -0.4 is 11.1 Å². The van der Waals surface area contributed by atoms with Crippen molar-refractivity contribution in [1.29, 1.82) is 0 Å². The minimum absolute atomic E-state index is 0.00633. The van der Waals surface area contributed by atoms with Crippen molar-refractivity contribution in [3.8, 4) is 0 Å². The van der Waals surface area contributed by atoms with Crippen molar-refractivity contribution in [3.63, 3.8) is 0 Å². The third kappa shape index (κ3) is 3.09. The maximum absolute atomic E-state index is 12.9. The van der Waals surface area contributed by atoms with Gasteiger partial charge < -0.3 is 16.2 Å². The molecule has 0 fully saturated rings. The standard InChI is InChI=1S/C11H17FN2O/c1-7(2)11(6-15)14-10-5-8(12)3-4-9(10)13/h3-5,7,11,14-15H,6,13H2,1-2H3/t11-/m1/s1. The summed E-state index contributed by atoms with van der Waals surface area (Å²) in [7, 11) is 0. The zero-order chi connectivity index (χ0) is 11.4. The first-order valence-corrected chi connectivity index (χ1v) is 4.97. The highest BCUT2D eigenvalue weighted by Crippen LogP contribution is 2.21. The number of hydrogen-bond acceptors (Lipinski definition) is 3. The molecule has 3 nitrogen and oxygen atoms in total. The van der Waals surface area contributed by atoms with Crippen LogP contribution in [0.2, 0.25) is 0 Å². The quantitative estimate of drug-likeness (QED) is 0.667. The van der Waals surface area contributed by atoms with Gasteiger partial charge in [0.05, 0.1) is 24.0 Å². The van der Waals surface area contributed by atoms with E-state index >= 15 is 0 Å². The first-order valence-electron chi connectivity index (χ1n) is 4.97. The van der Waals surface area contributed by atoms with Crippen molar-refractivity contribution in [1.82, 2.24) is 0 Å². The van der Waals surface area contributed by atoms with Gasteiger partial charge in [0.15, 0.2) is 0 Å². The molecule has 1 aromatic carbocycles. The van der Waals surface area contributed by atoms with Crippen LogP contribution in [0, 0.1) is 11.7 Å². The summed E-state index contributed by atoms with van der Waals surface area (Å²) in [6, 6.07) is 4.03. The summed E-state index contributed by atoms with van der Waals surface area (Å²) in [6.45, 7) is 3.94. The molecule has 0 radical (unpaired) electrons. The Morgan fingerprint density at radius 1 is 1.47 bits per heavy atom. The van der Waals surface area contributed by atoms with E-state index in [1.165, 1.54) is 18.2 Å². The molecule has 0 aliphatic rings. The van der Waals surface area contributed by atoms with E-state index in [-0.39, 0.29) is 24.4 Å². The second kappa shape index (κ2) is 4.98. The molecule has 84 valence electrons. The lowest BCUT2D eigenvalue weighted by atomic mass is 10.0. The number of benzene rings is 1. The molecule has 0 aromatic heterocycles. The number of aliphatic hydroxyl groups excluding tert-OH is 1. The smallest absolute Gasteiger partial charge is 0.125 e. The maximum Gasteiger partial charge on any atom is 0.125 e. The number of nitrogens with two attached hydrogens (primary N) is 1. The normalized spacial score (nSPS) is 12.9. The summed E-state index contributed by atoms with van der Waals surface area (Å²) in [4.78, 5) is 0. The largest absolute Gasteiger partial charge is 0.397 e. The number of aliphatic hydroxyl groups is 1. The van der Waals surface area contributed by atoms with E-state index in [9.17, 15) is 4.39 Å². The third-order valence-corrected chi connectivity index (χ3v) is 2.36. The van der Waals surface area contributed by atoms with Gasteiger partial charge in [-0.05, 0) is 24.1 Å². The van der Waals surface area contributed by atoms with Crippen LogP contribution in [0.15, 0.2) is 18.2 Å². The number of hydrogen-bond donors (Lipinski definition) is 3. The fourth-order valence-corrected chi connectivity index (χ4v) is 1.28. The number of anilines is 2. The van der Waals surface area contributed by atoms with Gasteiger partial charge in [-0.3, -0.25) is 0 Å². The highest BCUT2D eigenvalue weighted by atomic mass is 19.1. The van der Waals surface area contributed by atoms with Gasteiger partial charge >= 0.3 is 0 Å². The van der Waals surface area contributed by atoms with Crippen molar-refractivity contribution in [3.05, 3.63) is 24.0 Å². The summed E-state index contributed by atoms with van der Waals surface area (Å²) >= 11 is 0. The molecular formula is C11H17FN2O. The molecule has 4 heteroatoms. The highest BCUT2D eigenvalue weighted by Gasteiger charge is 2.13. The zero-order valence-corrected chi connectivity index (χ0v) is 9.00. The SMILES string of the molecule is CC(C)[C@@H](CO)Nc1cc(F)ccc1N. The molecule has 0 saturated carbocycles. The molecule has 15 heavy (non-hydrogen) atoms. The summed E-state index contributed by atoms with van der Waals surface area (Å²) < 4.78 is 12.9. The van der Waals surface area contributed by atoms with Crippen LogP contribution in [0.1, 0.15) is 13.8 Å². The number of nitrogens with one attached hydrogen (secondary N) is 1. The van der Waals surface area contributed by atoms with Crippen molar-refractivity contribution in [2.24, 2.45) is 5.92 Å². The van der Waals surface area contributed by atoms with Gasteiger partial charge in [0.25, 0.3) is 0 Å². The summed E-state index contributed by atoms with van der Waals surface area (Å²) in [5.74, 6) is -0.0928. The van der Waals surface area contributed by atoms with Crippen LogP contribution in [0.4, 0.5) is 15.8 Å². The Balaban J connectivity index is 2.82. The Morgan fingerprint density at radius 2 is 2.13 bits per heavy atom. The minimum atomic E-state index is -0.341. The van der Waals surface area contributed by atoms with E-state index in [1.54, 1.807) is 0 Å². The maximum atomic E-state index is 12.9. The Kier molecular flexibility index (Phi) is 3.91. The van der Waals surface area contributed by atoms with Crippen molar-refractivity contribution < 1.29 is 9.50 Å². The van der Waals surface area contributed by atoms with Crippen molar-refractivity contribution >= 4 is 11.4 Å². The molecule has 0 amide bonds. The average molecular weight is 212 g/mol. The van der Waals surface area contributed by atoms with E-state index in [2.05, 4.69) is 5.32 Å².